The van der Waals surface area contributed by atoms with Gasteiger partial charge in [-0.05, 0) is 90.1 Å². The van der Waals surface area contributed by atoms with Crippen molar-refractivity contribution in [1.29, 1.82) is 0 Å². The number of ether oxygens (including phenoxy) is 3. The number of hydrogen-bond donors (Lipinski definition) is 2. The maximum atomic E-state index is 12.8. The van der Waals surface area contributed by atoms with Gasteiger partial charge in [-0.3, -0.25) is 4.79 Å². The number of carbonyl (C=O) groups excluding carboxylic acids is 1. The van der Waals surface area contributed by atoms with E-state index in [1.54, 1.807) is 30.5 Å². The van der Waals surface area contributed by atoms with Crippen LogP contribution >= 0.6 is 0 Å². The van der Waals surface area contributed by atoms with Crippen LogP contribution in [0.4, 0.5) is 17.3 Å². The SMILES string of the molecule is CC(=O)Nc1cc(Nc2cc(C3CC(C)(C)OC(C)(C)C3)cc(S(C)(=O)=O)n2)c(-c2ccc3c(n2)OCC(C)(C)O3)cn1. The zero-order valence-corrected chi connectivity index (χ0v) is 26.7. The lowest BCUT2D eigenvalue weighted by Gasteiger charge is -2.45. The third-order valence-electron chi connectivity index (χ3n) is 7.22. The number of amides is 1. The van der Waals surface area contributed by atoms with Gasteiger partial charge in [-0.25, -0.2) is 23.4 Å². The van der Waals surface area contributed by atoms with E-state index >= 15 is 0 Å². The standard InChI is InChI=1S/C31H39N5O6S/c1-18(37)33-25-13-23(21(16-32-25)22-9-10-24-28(35-22)40-17-31(6,7)41-24)34-26-11-19(12-27(36-26)43(8,38)39)20-14-29(2,3)42-30(4,5)15-20/h9-13,16,20H,14-15,17H2,1-8H3,(H2,32,33,34,36,37). The molecule has 0 saturated carbocycles. The monoisotopic (exact) mass is 609 g/mol. The van der Waals surface area contributed by atoms with Crippen LogP contribution in [0.25, 0.3) is 11.3 Å². The summed E-state index contributed by atoms with van der Waals surface area (Å²) in [6, 6.07) is 8.77. The highest BCUT2D eigenvalue weighted by atomic mass is 32.2. The second-order valence-electron chi connectivity index (χ2n) is 13.2. The molecule has 2 aliphatic rings. The van der Waals surface area contributed by atoms with Crippen LogP contribution in [0.5, 0.6) is 11.6 Å². The van der Waals surface area contributed by atoms with Gasteiger partial charge >= 0.3 is 0 Å². The molecule has 0 bridgehead atoms. The normalized spacial score (nSPS) is 19.0. The fraction of sp³-hybridized carbons (Fsp3) is 0.484. The minimum Gasteiger partial charge on any atom is -0.479 e. The van der Waals surface area contributed by atoms with Gasteiger partial charge in [0.15, 0.2) is 20.6 Å². The lowest BCUT2D eigenvalue weighted by atomic mass is 9.77. The highest BCUT2D eigenvalue weighted by molar-refractivity contribution is 7.90. The number of hydrogen-bond acceptors (Lipinski definition) is 10. The van der Waals surface area contributed by atoms with Gasteiger partial charge in [0.25, 0.3) is 5.88 Å². The molecule has 230 valence electrons. The molecule has 0 atom stereocenters. The Morgan fingerprint density at radius 3 is 2.30 bits per heavy atom. The first-order valence-electron chi connectivity index (χ1n) is 14.2. The molecule has 43 heavy (non-hydrogen) atoms. The number of rotatable bonds is 6. The van der Waals surface area contributed by atoms with Gasteiger partial charge in [0.1, 0.15) is 23.8 Å². The van der Waals surface area contributed by atoms with Crippen molar-refractivity contribution in [3.8, 4) is 22.9 Å². The van der Waals surface area contributed by atoms with Crippen molar-refractivity contribution in [3.63, 3.8) is 0 Å². The predicted molar refractivity (Wildman–Crippen MR) is 164 cm³/mol. The summed E-state index contributed by atoms with van der Waals surface area (Å²) in [5, 5.41) is 5.97. The molecule has 3 aromatic rings. The number of aromatic nitrogens is 3. The van der Waals surface area contributed by atoms with E-state index in [1.807, 2.05) is 47.6 Å². The van der Waals surface area contributed by atoms with Crippen molar-refractivity contribution in [3.05, 3.63) is 42.1 Å². The summed E-state index contributed by atoms with van der Waals surface area (Å²) in [4.78, 5) is 25.4. The van der Waals surface area contributed by atoms with Crippen molar-refractivity contribution >= 4 is 33.1 Å². The molecular formula is C31H39N5O6S. The maximum Gasteiger partial charge on any atom is 0.257 e. The Kier molecular flexibility index (Phi) is 7.67. The molecule has 1 saturated heterocycles. The highest BCUT2D eigenvalue weighted by Crippen LogP contribution is 2.44. The minimum absolute atomic E-state index is 0.0348. The first-order chi connectivity index (χ1) is 19.9. The molecule has 0 unspecified atom stereocenters. The summed E-state index contributed by atoms with van der Waals surface area (Å²) in [6.07, 6.45) is 4.16. The van der Waals surface area contributed by atoms with E-state index in [4.69, 9.17) is 14.2 Å². The molecule has 2 aliphatic heterocycles. The molecule has 0 aliphatic carbocycles. The Morgan fingerprint density at radius 2 is 1.65 bits per heavy atom. The van der Waals surface area contributed by atoms with Gasteiger partial charge in [-0.2, -0.15) is 0 Å². The molecule has 0 radical (unpaired) electrons. The van der Waals surface area contributed by atoms with Crippen LogP contribution in [0, 0.1) is 0 Å². The number of fused-ring (bicyclic) bond motifs is 1. The van der Waals surface area contributed by atoms with Crippen molar-refractivity contribution in [1.82, 2.24) is 15.0 Å². The summed E-state index contributed by atoms with van der Waals surface area (Å²) in [7, 11) is -3.64. The average Bonchev–Trinajstić information content (AvgIpc) is 2.85. The molecule has 5 rings (SSSR count). The molecule has 0 spiro atoms. The highest BCUT2D eigenvalue weighted by Gasteiger charge is 2.40. The average molecular weight is 610 g/mol. The van der Waals surface area contributed by atoms with Gasteiger partial charge in [-0.15, -0.1) is 0 Å². The summed E-state index contributed by atoms with van der Waals surface area (Å²) in [5.41, 5.74) is 1.23. The van der Waals surface area contributed by atoms with Gasteiger partial charge < -0.3 is 24.8 Å². The van der Waals surface area contributed by atoms with Crippen LogP contribution in [0.15, 0.2) is 41.6 Å². The number of nitrogens with zero attached hydrogens (tertiary/aromatic N) is 3. The Balaban J connectivity index is 1.59. The van der Waals surface area contributed by atoms with Crippen molar-refractivity contribution in [2.24, 2.45) is 0 Å². The Bertz CT molecular complexity index is 1670. The molecule has 3 aromatic heterocycles. The van der Waals surface area contributed by atoms with Crippen molar-refractivity contribution in [2.45, 2.75) is 89.1 Å². The second-order valence-corrected chi connectivity index (χ2v) is 15.2. The number of carbonyl (C=O) groups is 1. The third kappa shape index (κ3) is 7.24. The summed E-state index contributed by atoms with van der Waals surface area (Å²) in [6.45, 7) is 13.8. The number of sulfone groups is 1. The number of pyridine rings is 3. The lowest BCUT2D eigenvalue weighted by Crippen LogP contribution is -2.44. The van der Waals surface area contributed by atoms with E-state index in [0.717, 1.165) is 11.8 Å². The minimum atomic E-state index is -3.64. The topological polar surface area (TPSA) is 142 Å². The zero-order chi connectivity index (χ0) is 31.4. The fourth-order valence-electron chi connectivity index (χ4n) is 5.82. The van der Waals surface area contributed by atoms with E-state index in [9.17, 15) is 13.2 Å². The fourth-order valence-corrected chi connectivity index (χ4v) is 6.43. The van der Waals surface area contributed by atoms with Gasteiger partial charge in [0, 0.05) is 31.0 Å². The molecule has 12 heteroatoms. The summed E-state index contributed by atoms with van der Waals surface area (Å²) in [5.74, 6) is 1.30. The van der Waals surface area contributed by atoms with Gasteiger partial charge in [0.2, 0.25) is 5.91 Å². The number of anilines is 3. The van der Waals surface area contributed by atoms with Gasteiger partial charge in [0.05, 0.1) is 22.6 Å². The molecular weight excluding hydrogens is 570 g/mol. The Morgan fingerprint density at radius 1 is 0.953 bits per heavy atom. The Labute approximate surface area is 252 Å². The molecule has 1 fully saturated rings. The smallest absolute Gasteiger partial charge is 0.257 e. The van der Waals surface area contributed by atoms with Crippen LogP contribution in [0.3, 0.4) is 0 Å². The largest absolute Gasteiger partial charge is 0.479 e. The lowest BCUT2D eigenvalue weighted by molar-refractivity contribution is -0.161. The maximum absolute atomic E-state index is 12.8. The quantitative estimate of drug-likeness (QED) is 0.360. The first kappa shape index (κ1) is 30.7. The van der Waals surface area contributed by atoms with E-state index in [1.165, 1.54) is 6.92 Å². The first-order valence-corrected chi connectivity index (χ1v) is 16.1. The molecule has 5 heterocycles. The van der Waals surface area contributed by atoms with Crippen LogP contribution in [-0.2, 0) is 19.4 Å². The van der Waals surface area contributed by atoms with E-state index in [2.05, 4.69) is 25.6 Å². The van der Waals surface area contributed by atoms with Gasteiger partial charge in [-0.1, -0.05) is 0 Å². The van der Waals surface area contributed by atoms with Crippen LogP contribution in [0.1, 0.15) is 72.8 Å². The van der Waals surface area contributed by atoms with Crippen LogP contribution in [0.2, 0.25) is 0 Å². The van der Waals surface area contributed by atoms with Crippen molar-refractivity contribution < 1.29 is 27.4 Å². The molecule has 2 N–H and O–H groups in total. The van der Waals surface area contributed by atoms with E-state index < -0.39 is 15.4 Å². The number of nitrogens with one attached hydrogen (secondary N) is 2. The van der Waals surface area contributed by atoms with E-state index in [0.29, 0.717) is 59.7 Å². The summed E-state index contributed by atoms with van der Waals surface area (Å²) >= 11 is 0. The van der Waals surface area contributed by atoms with E-state index in [-0.39, 0.29) is 28.1 Å². The zero-order valence-electron chi connectivity index (χ0n) is 25.9. The van der Waals surface area contributed by atoms with Crippen LogP contribution in [-0.4, -0.2) is 58.9 Å². The Hall–Kier alpha value is -3.77. The summed E-state index contributed by atoms with van der Waals surface area (Å²) < 4.78 is 43.7. The molecule has 0 aromatic carbocycles. The second kappa shape index (κ2) is 10.7. The third-order valence-corrected chi connectivity index (χ3v) is 8.19. The van der Waals surface area contributed by atoms with Crippen molar-refractivity contribution in [2.75, 3.05) is 23.5 Å². The van der Waals surface area contributed by atoms with Crippen LogP contribution < -0.4 is 20.1 Å². The predicted octanol–water partition coefficient (Wildman–Crippen LogP) is 5.65. The molecule has 11 nitrogen and oxygen atoms in total. The molecule has 1 amide bonds.